The van der Waals surface area contributed by atoms with Crippen molar-refractivity contribution in [2.24, 2.45) is 0 Å². The monoisotopic (exact) mass is 507 g/mol. The minimum atomic E-state index is -0.935. The Hall–Kier alpha value is -3.66. The van der Waals surface area contributed by atoms with Crippen LogP contribution in [0.5, 0.6) is 5.75 Å². The molecule has 1 aromatic heterocycles. The van der Waals surface area contributed by atoms with Crippen molar-refractivity contribution in [2.75, 3.05) is 41.4 Å². The van der Waals surface area contributed by atoms with Gasteiger partial charge < -0.3 is 19.4 Å². The number of ether oxygens (including phenoxy) is 1. The van der Waals surface area contributed by atoms with Gasteiger partial charge in [-0.3, -0.25) is 0 Å². The van der Waals surface area contributed by atoms with Crippen LogP contribution in [0.25, 0.3) is 16.9 Å². The Labute approximate surface area is 215 Å². The van der Waals surface area contributed by atoms with Gasteiger partial charge in [0.15, 0.2) is 0 Å². The number of benzene rings is 3. The number of aromatic carboxylic acids is 1. The summed E-state index contributed by atoms with van der Waals surface area (Å²) in [6.45, 7) is 1.11. The topological polar surface area (TPSA) is 97.5 Å². The highest BCUT2D eigenvalue weighted by atomic mass is 32.2. The van der Waals surface area contributed by atoms with E-state index in [0.29, 0.717) is 5.75 Å². The van der Waals surface area contributed by atoms with Crippen LogP contribution in [-0.4, -0.2) is 77.1 Å². The maximum atomic E-state index is 11.0. The van der Waals surface area contributed by atoms with Crippen molar-refractivity contribution >= 4 is 17.7 Å². The molecule has 0 saturated carbocycles. The summed E-state index contributed by atoms with van der Waals surface area (Å²) in [7, 11) is 7.78. The molecule has 36 heavy (non-hydrogen) atoms. The van der Waals surface area contributed by atoms with Gasteiger partial charge in [0.05, 0.1) is 46.6 Å². The molecule has 0 fully saturated rings. The van der Waals surface area contributed by atoms with Crippen LogP contribution in [0.1, 0.15) is 10.4 Å². The Morgan fingerprint density at radius 2 is 1.67 bits per heavy atom. The first-order chi connectivity index (χ1) is 17.2. The van der Waals surface area contributed by atoms with Gasteiger partial charge in [0.2, 0.25) is 0 Å². The van der Waals surface area contributed by atoms with Gasteiger partial charge >= 0.3 is 5.97 Å². The van der Waals surface area contributed by atoms with Gasteiger partial charge in [0.25, 0.3) is 0 Å². The number of rotatable bonds is 8. The largest absolute Gasteiger partial charge is 0.494 e. The molecule has 8 nitrogen and oxygen atoms in total. The number of quaternary nitrogens is 1. The molecule has 4 rings (SSSR count). The highest BCUT2D eigenvalue weighted by Crippen LogP contribution is 2.35. The Morgan fingerprint density at radius 1 is 1.00 bits per heavy atom. The number of methoxy groups -OCH3 is 1. The number of aliphatic hydroxyl groups is 1. The number of aromatic nitrogens is 3. The first-order valence-electron chi connectivity index (χ1n) is 11.3. The van der Waals surface area contributed by atoms with Crippen molar-refractivity contribution in [3.05, 3.63) is 84.6 Å². The van der Waals surface area contributed by atoms with Crippen molar-refractivity contribution in [3.63, 3.8) is 0 Å². The van der Waals surface area contributed by atoms with E-state index in [1.54, 1.807) is 47.8 Å². The van der Waals surface area contributed by atoms with E-state index in [0.717, 1.165) is 37.8 Å². The first kappa shape index (κ1) is 26.9. The minimum absolute atomic E-state index is 0.266. The van der Waals surface area contributed by atoms with Crippen molar-refractivity contribution in [3.8, 4) is 22.7 Å². The number of nitrogens with zero attached hydrogens (tertiary/aromatic N) is 4. The molecular weight excluding hydrogens is 476 g/mol. The quantitative estimate of drug-likeness (QED) is 0.340. The zero-order valence-electron chi connectivity index (χ0n) is 20.8. The van der Waals surface area contributed by atoms with Crippen LogP contribution in [-0.2, 0) is 0 Å². The van der Waals surface area contributed by atoms with E-state index >= 15 is 0 Å². The van der Waals surface area contributed by atoms with Crippen LogP contribution < -0.4 is 4.74 Å². The maximum Gasteiger partial charge on any atom is 0.335 e. The molecule has 0 aliphatic carbocycles. The summed E-state index contributed by atoms with van der Waals surface area (Å²) >= 11 is 1.55. The van der Waals surface area contributed by atoms with E-state index in [-0.39, 0.29) is 12.2 Å². The number of hydrogen-bond acceptors (Lipinski definition) is 6. The molecule has 9 heteroatoms. The summed E-state index contributed by atoms with van der Waals surface area (Å²) < 4.78 is 7.94. The van der Waals surface area contributed by atoms with E-state index in [1.807, 2.05) is 54.7 Å². The van der Waals surface area contributed by atoms with E-state index in [9.17, 15) is 4.79 Å². The van der Waals surface area contributed by atoms with Gasteiger partial charge in [0, 0.05) is 15.4 Å². The second-order valence-corrected chi connectivity index (χ2v) is 10.0. The molecule has 0 unspecified atom stereocenters. The van der Waals surface area contributed by atoms with E-state index in [4.69, 9.17) is 14.9 Å². The minimum Gasteiger partial charge on any atom is -0.494 e. The number of carboxylic acid groups (broad SMARTS) is 1. The van der Waals surface area contributed by atoms with E-state index in [1.165, 1.54) is 0 Å². The van der Waals surface area contributed by atoms with E-state index in [2.05, 4.69) is 31.5 Å². The molecule has 4 aromatic rings. The predicted octanol–water partition coefficient (Wildman–Crippen LogP) is 4.48. The molecular formula is C27H31N4O4S+. The first-order valence-corrected chi connectivity index (χ1v) is 12.1. The van der Waals surface area contributed by atoms with Crippen molar-refractivity contribution in [2.45, 2.75) is 9.79 Å². The number of aliphatic hydroxyl groups excluding tert-OH is 1. The third kappa shape index (κ3) is 7.42. The summed E-state index contributed by atoms with van der Waals surface area (Å²) in [4.78, 5) is 13.0. The third-order valence-corrected chi connectivity index (χ3v) is 6.17. The Kier molecular flexibility index (Phi) is 9.24. The SMILES string of the molecule is COc1ccccc1-n1cc(-c2ccccc2Sc2ccc(C(=O)O)cc2)nn1.C[N+](C)(C)CCO. The fourth-order valence-electron chi connectivity index (χ4n) is 3.18. The second-order valence-electron chi connectivity index (χ2n) is 8.89. The van der Waals surface area contributed by atoms with Crippen molar-refractivity contribution < 1.29 is 24.2 Å². The summed E-state index contributed by atoms with van der Waals surface area (Å²) in [5.41, 5.74) is 2.76. The standard InChI is InChI=1S/C22H17N3O3S.C5H14NO/c1-28-20-8-4-3-7-19(20)25-14-18(23-24-25)17-6-2-5-9-21(17)29-16-12-10-15(11-13-16)22(26)27;1-6(2,3)4-5-7/h2-14H,1H3,(H,26,27);7H,4-5H2,1-3H3/q;+1. The average molecular weight is 508 g/mol. The fraction of sp³-hybridized carbons (Fsp3) is 0.222. The predicted molar refractivity (Wildman–Crippen MR) is 141 cm³/mol. The molecule has 0 amide bonds. The van der Waals surface area contributed by atoms with Crippen LogP contribution >= 0.6 is 11.8 Å². The Morgan fingerprint density at radius 3 is 2.28 bits per heavy atom. The summed E-state index contributed by atoms with van der Waals surface area (Å²) in [5.74, 6) is -0.222. The number of carboxylic acids is 1. The molecule has 2 N–H and O–H groups in total. The smallest absolute Gasteiger partial charge is 0.335 e. The number of hydrogen-bond donors (Lipinski definition) is 2. The molecule has 3 aromatic carbocycles. The molecule has 0 bridgehead atoms. The lowest BCUT2D eigenvalue weighted by molar-refractivity contribution is -0.870. The number of likely N-dealkylation sites (N-methyl/N-ethyl adjacent to an activating group) is 1. The lowest BCUT2D eigenvalue weighted by Gasteiger charge is -2.21. The van der Waals surface area contributed by atoms with Crippen LogP contribution in [0.2, 0.25) is 0 Å². The molecule has 0 saturated heterocycles. The van der Waals surface area contributed by atoms with Gasteiger partial charge in [-0.1, -0.05) is 47.3 Å². The van der Waals surface area contributed by atoms with Crippen molar-refractivity contribution in [1.82, 2.24) is 15.0 Å². The van der Waals surface area contributed by atoms with Crippen LogP contribution in [0.3, 0.4) is 0 Å². The number of para-hydroxylation sites is 2. The van der Waals surface area contributed by atoms with E-state index < -0.39 is 5.97 Å². The lowest BCUT2D eigenvalue weighted by Crippen LogP contribution is -2.36. The average Bonchev–Trinajstić information content (AvgIpc) is 3.34. The summed E-state index contributed by atoms with van der Waals surface area (Å²) in [5, 5.41) is 26.1. The fourth-order valence-corrected chi connectivity index (χ4v) is 4.14. The lowest BCUT2D eigenvalue weighted by atomic mass is 10.2. The van der Waals surface area contributed by atoms with Crippen LogP contribution in [0.15, 0.2) is 88.8 Å². The normalized spacial score (nSPS) is 10.9. The van der Waals surface area contributed by atoms with Crippen molar-refractivity contribution in [1.29, 1.82) is 0 Å². The van der Waals surface area contributed by atoms with Gasteiger partial charge in [-0.25, -0.2) is 9.48 Å². The molecule has 0 aliphatic heterocycles. The number of carbonyl (C=O) groups is 1. The highest BCUT2D eigenvalue weighted by Gasteiger charge is 2.13. The Bertz CT molecular complexity index is 1280. The Balaban J connectivity index is 0.000000454. The van der Waals surface area contributed by atoms with Crippen LogP contribution in [0, 0.1) is 0 Å². The van der Waals surface area contributed by atoms with Gasteiger partial charge in [-0.15, -0.1) is 5.10 Å². The second kappa shape index (κ2) is 12.3. The van der Waals surface area contributed by atoms with Gasteiger partial charge in [-0.05, 0) is 42.5 Å². The van der Waals surface area contributed by atoms with Gasteiger partial charge in [0.1, 0.15) is 23.7 Å². The molecule has 0 aliphatic rings. The zero-order valence-corrected chi connectivity index (χ0v) is 21.6. The molecule has 0 atom stereocenters. The summed E-state index contributed by atoms with van der Waals surface area (Å²) in [6, 6.07) is 22.3. The summed E-state index contributed by atoms with van der Waals surface area (Å²) in [6.07, 6.45) is 1.87. The zero-order chi connectivity index (χ0) is 26.1. The van der Waals surface area contributed by atoms with Gasteiger partial charge in [-0.2, -0.15) is 0 Å². The molecule has 0 spiro atoms. The maximum absolute atomic E-state index is 11.0. The molecule has 0 radical (unpaired) electrons. The van der Waals surface area contributed by atoms with Crippen LogP contribution in [0.4, 0.5) is 0 Å². The molecule has 1 heterocycles. The third-order valence-electron chi connectivity index (χ3n) is 5.09. The highest BCUT2D eigenvalue weighted by molar-refractivity contribution is 7.99. The molecule has 188 valence electrons.